The third kappa shape index (κ3) is 3.95. The van der Waals surface area contributed by atoms with E-state index < -0.39 is 0 Å². The SMILES string of the molecule is CCCc1nc([C@@H]2CN(Cc3cccc(C#N)c3)CCO2)n[nH]1. The van der Waals surface area contributed by atoms with Gasteiger partial charge in [-0.2, -0.15) is 10.4 Å². The maximum Gasteiger partial charge on any atom is 0.180 e. The van der Waals surface area contributed by atoms with Gasteiger partial charge < -0.3 is 4.74 Å². The molecule has 1 N–H and O–H groups in total. The molecule has 1 aliphatic heterocycles. The molecule has 6 heteroatoms. The topological polar surface area (TPSA) is 77.8 Å². The maximum absolute atomic E-state index is 9.00. The van der Waals surface area contributed by atoms with E-state index in [1.807, 2.05) is 18.2 Å². The number of aryl methyl sites for hydroxylation is 1. The Morgan fingerprint density at radius 1 is 1.48 bits per heavy atom. The van der Waals surface area contributed by atoms with Crippen molar-refractivity contribution in [3.63, 3.8) is 0 Å². The van der Waals surface area contributed by atoms with Gasteiger partial charge in [-0.05, 0) is 24.1 Å². The van der Waals surface area contributed by atoms with E-state index >= 15 is 0 Å². The van der Waals surface area contributed by atoms with Crippen molar-refractivity contribution in [3.8, 4) is 6.07 Å². The molecule has 0 amide bonds. The van der Waals surface area contributed by atoms with Gasteiger partial charge in [0.15, 0.2) is 5.82 Å². The van der Waals surface area contributed by atoms with E-state index in [4.69, 9.17) is 10.00 Å². The molecule has 6 nitrogen and oxygen atoms in total. The zero-order chi connectivity index (χ0) is 16.1. The molecule has 23 heavy (non-hydrogen) atoms. The van der Waals surface area contributed by atoms with Gasteiger partial charge in [0.1, 0.15) is 11.9 Å². The third-order valence-electron chi connectivity index (χ3n) is 3.94. The molecule has 0 unspecified atom stereocenters. The largest absolute Gasteiger partial charge is 0.367 e. The van der Waals surface area contributed by atoms with Gasteiger partial charge in [0, 0.05) is 26.1 Å². The van der Waals surface area contributed by atoms with Gasteiger partial charge in [-0.25, -0.2) is 4.98 Å². The maximum atomic E-state index is 9.00. The second-order valence-corrected chi connectivity index (χ2v) is 5.80. The highest BCUT2D eigenvalue weighted by Crippen LogP contribution is 2.21. The summed E-state index contributed by atoms with van der Waals surface area (Å²) in [5, 5.41) is 16.3. The van der Waals surface area contributed by atoms with Crippen molar-refractivity contribution < 1.29 is 4.74 Å². The number of rotatable bonds is 5. The summed E-state index contributed by atoms with van der Waals surface area (Å²) in [6.45, 7) is 5.23. The number of aromatic amines is 1. The Hall–Kier alpha value is -2.23. The molecule has 2 heterocycles. The van der Waals surface area contributed by atoms with E-state index in [2.05, 4.69) is 39.1 Å². The number of aromatic nitrogens is 3. The van der Waals surface area contributed by atoms with Gasteiger partial charge in [-0.3, -0.25) is 10.00 Å². The second-order valence-electron chi connectivity index (χ2n) is 5.80. The van der Waals surface area contributed by atoms with Crippen LogP contribution in [0.3, 0.4) is 0 Å². The van der Waals surface area contributed by atoms with Crippen LogP contribution in [-0.4, -0.2) is 39.8 Å². The molecule has 0 bridgehead atoms. The van der Waals surface area contributed by atoms with Crippen molar-refractivity contribution in [1.29, 1.82) is 5.26 Å². The van der Waals surface area contributed by atoms with E-state index in [1.54, 1.807) is 0 Å². The monoisotopic (exact) mass is 311 g/mol. The number of hydrogen-bond donors (Lipinski definition) is 1. The number of nitrogens with one attached hydrogen (secondary N) is 1. The van der Waals surface area contributed by atoms with E-state index in [0.29, 0.717) is 12.2 Å². The highest BCUT2D eigenvalue weighted by atomic mass is 16.5. The molecule has 1 fully saturated rings. The van der Waals surface area contributed by atoms with Crippen LogP contribution in [-0.2, 0) is 17.7 Å². The van der Waals surface area contributed by atoms with E-state index in [9.17, 15) is 0 Å². The lowest BCUT2D eigenvalue weighted by Gasteiger charge is -2.31. The van der Waals surface area contributed by atoms with Crippen LogP contribution in [0.5, 0.6) is 0 Å². The number of benzene rings is 1. The number of nitriles is 1. The molecule has 0 aliphatic carbocycles. The van der Waals surface area contributed by atoms with Gasteiger partial charge in [-0.1, -0.05) is 19.1 Å². The molecule has 1 aromatic carbocycles. The van der Waals surface area contributed by atoms with Gasteiger partial charge in [0.05, 0.1) is 18.2 Å². The van der Waals surface area contributed by atoms with Crippen molar-refractivity contribution in [2.75, 3.05) is 19.7 Å². The molecule has 0 radical (unpaired) electrons. The number of nitrogens with zero attached hydrogens (tertiary/aromatic N) is 4. The Labute approximate surface area is 136 Å². The lowest BCUT2D eigenvalue weighted by Crippen LogP contribution is -2.38. The summed E-state index contributed by atoms with van der Waals surface area (Å²) in [6.07, 6.45) is 1.86. The Bertz CT molecular complexity index is 690. The average molecular weight is 311 g/mol. The van der Waals surface area contributed by atoms with Crippen LogP contribution >= 0.6 is 0 Å². The van der Waals surface area contributed by atoms with Crippen LogP contribution in [0.1, 0.15) is 42.2 Å². The van der Waals surface area contributed by atoms with Crippen LogP contribution in [0.25, 0.3) is 0 Å². The summed E-state index contributed by atoms with van der Waals surface area (Å²) >= 11 is 0. The Balaban J connectivity index is 1.64. The molecule has 1 atom stereocenters. The first-order valence-corrected chi connectivity index (χ1v) is 8.02. The summed E-state index contributed by atoms with van der Waals surface area (Å²) in [5.41, 5.74) is 1.84. The molecule has 1 aromatic heterocycles. The zero-order valence-corrected chi connectivity index (χ0v) is 13.3. The zero-order valence-electron chi connectivity index (χ0n) is 13.3. The molecule has 1 aliphatic rings. The van der Waals surface area contributed by atoms with Crippen LogP contribution in [0.4, 0.5) is 0 Å². The Kier molecular flexibility index (Phi) is 5.01. The number of ether oxygens (including phenoxy) is 1. The number of hydrogen-bond acceptors (Lipinski definition) is 5. The molecule has 2 aromatic rings. The fourth-order valence-corrected chi connectivity index (χ4v) is 2.80. The Morgan fingerprint density at radius 2 is 2.39 bits per heavy atom. The molecule has 0 spiro atoms. The summed E-state index contributed by atoms with van der Waals surface area (Å²) in [7, 11) is 0. The smallest absolute Gasteiger partial charge is 0.180 e. The molecule has 3 rings (SSSR count). The third-order valence-corrected chi connectivity index (χ3v) is 3.94. The number of H-pyrrole nitrogens is 1. The van der Waals surface area contributed by atoms with Crippen molar-refractivity contribution in [2.45, 2.75) is 32.4 Å². The van der Waals surface area contributed by atoms with Crippen molar-refractivity contribution in [2.24, 2.45) is 0 Å². The predicted octanol–water partition coefficient (Wildman–Crippen LogP) is 2.20. The number of morpholine rings is 1. The standard InChI is InChI=1S/C17H21N5O/c1-2-4-16-19-17(21-20-16)15-12-22(7-8-23-15)11-14-6-3-5-13(9-14)10-18/h3,5-6,9,15H,2,4,7-8,11-12H2,1H3,(H,19,20,21)/t15-/m0/s1. The van der Waals surface area contributed by atoms with Crippen molar-refractivity contribution in [1.82, 2.24) is 20.1 Å². The highest BCUT2D eigenvalue weighted by molar-refractivity contribution is 5.32. The predicted molar refractivity (Wildman–Crippen MR) is 85.5 cm³/mol. The first-order chi connectivity index (χ1) is 11.3. The quantitative estimate of drug-likeness (QED) is 0.916. The average Bonchev–Trinajstić information content (AvgIpc) is 3.04. The molecule has 1 saturated heterocycles. The fourth-order valence-electron chi connectivity index (χ4n) is 2.80. The van der Waals surface area contributed by atoms with E-state index in [1.165, 1.54) is 0 Å². The minimum absolute atomic E-state index is 0.0928. The fraction of sp³-hybridized carbons (Fsp3) is 0.471. The lowest BCUT2D eigenvalue weighted by molar-refractivity contribution is -0.0370. The first kappa shape index (κ1) is 15.7. The van der Waals surface area contributed by atoms with Gasteiger partial charge in [0.2, 0.25) is 0 Å². The summed E-state index contributed by atoms with van der Waals surface area (Å²) in [4.78, 5) is 6.85. The minimum atomic E-state index is -0.0928. The molecule has 120 valence electrons. The lowest BCUT2D eigenvalue weighted by atomic mass is 10.1. The van der Waals surface area contributed by atoms with Crippen LogP contribution in [0.2, 0.25) is 0 Å². The van der Waals surface area contributed by atoms with E-state index in [0.717, 1.165) is 49.7 Å². The molecular weight excluding hydrogens is 290 g/mol. The molecule has 0 saturated carbocycles. The normalized spacial score (nSPS) is 18.7. The molecular formula is C17H21N5O. The van der Waals surface area contributed by atoms with Gasteiger partial charge in [0.25, 0.3) is 0 Å². The van der Waals surface area contributed by atoms with Crippen molar-refractivity contribution >= 4 is 0 Å². The first-order valence-electron chi connectivity index (χ1n) is 8.02. The van der Waals surface area contributed by atoms with Crippen LogP contribution < -0.4 is 0 Å². The summed E-state index contributed by atoms with van der Waals surface area (Å²) in [5.74, 6) is 1.66. The van der Waals surface area contributed by atoms with Crippen LogP contribution in [0.15, 0.2) is 24.3 Å². The summed E-state index contributed by atoms with van der Waals surface area (Å²) < 4.78 is 5.83. The van der Waals surface area contributed by atoms with Crippen molar-refractivity contribution in [3.05, 3.63) is 47.0 Å². The van der Waals surface area contributed by atoms with E-state index in [-0.39, 0.29) is 6.10 Å². The second kappa shape index (κ2) is 7.36. The minimum Gasteiger partial charge on any atom is -0.367 e. The van der Waals surface area contributed by atoms with Gasteiger partial charge in [-0.15, -0.1) is 0 Å². The van der Waals surface area contributed by atoms with Crippen LogP contribution in [0, 0.1) is 11.3 Å². The summed E-state index contributed by atoms with van der Waals surface area (Å²) in [6, 6.07) is 9.94. The van der Waals surface area contributed by atoms with Gasteiger partial charge >= 0.3 is 0 Å². The Morgan fingerprint density at radius 3 is 3.22 bits per heavy atom. The highest BCUT2D eigenvalue weighted by Gasteiger charge is 2.25.